The monoisotopic (exact) mass is 370 g/mol. The molecule has 8 heteroatoms. The van der Waals surface area contributed by atoms with Crippen molar-refractivity contribution >= 4 is 55.2 Å². The normalized spacial score (nSPS) is 11.1. The maximum absolute atomic E-state index is 12.4. The first-order valence-corrected chi connectivity index (χ1v) is 8.60. The van der Waals surface area contributed by atoms with E-state index in [0.717, 1.165) is 10.2 Å². The van der Waals surface area contributed by atoms with Crippen LogP contribution in [0, 0.1) is 0 Å². The van der Waals surface area contributed by atoms with E-state index in [4.69, 9.17) is 11.6 Å². The Kier molecular flexibility index (Phi) is 3.95. The zero-order valence-electron chi connectivity index (χ0n) is 12.8. The average Bonchev–Trinajstić information content (AvgIpc) is 2.98. The van der Waals surface area contributed by atoms with Crippen LogP contribution < -0.4 is 10.9 Å². The smallest absolute Gasteiger partial charge is 0.269 e. The number of para-hydroxylation sites is 2. The molecule has 4 rings (SSSR count). The summed E-state index contributed by atoms with van der Waals surface area (Å²) < 4.78 is 2.27. The molecule has 1 amide bonds. The average molecular weight is 371 g/mol. The molecule has 124 valence electrons. The molecule has 25 heavy (non-hydrogen) atoms. The second kappa shape index (κ2) is 6.27. The molecular formula is C17H11ClN4O2S. The maximum Gasteiger partial charge on any atom is 0.269 e. The number of thiazole rings is 1. The van der Waals surface area contributed by atoms with Crippen LogP contribution in [0.4, 0.5) is 5.13 Å². The molecule has 0 aliphatic carbocycles. The predicted molar refractivity (Wildman–Crippen MR) is 99.3 cm³/mol. The van der Waals surface area contributed by atoms with E-state index < -0.39 is 0 Å². The van der Waals surface area contributed by atoms with Gasteiger partial charge in [-0.25, -0.2) is 9.97 Å². The Morgan fingerprint density at radius 3 is 2.92 bits per heavy atom. The first-order valence-electron chi connectivity index (χ1n) is 7.41. The second-order valence-corrected chi connectivity index (χ2v) is 6.82. The maximum atomic E-state index is 12.4. The quantitative estimate of drug-likeness (QED) is 0.600. The molecule has 0 unspecified atom stereocenters. The van der Waals surface area contributed by atoms with E-state index in [0.29, 0.717) is 21.2 Å². The number of nitrogens with one attached hydrogen (secondary N) is 1. The van der Waals surface area contributed by atoms with Crippen molar-refractivity contribution in [2.24, 2.45) is 0 Å². The molecule has 2 aromatic heterocycles. The van der Waals surface area contributed by atoms with E-state index in [1.807, 2.05) is 6.07 Å². The highest BCUT2D eigenvalue weighted by Crippen LogP contribution is 2.28. The number of hydrogen-bond donors (Lipinski definition) is 1. The van der Waals surface area contributed by atoms with Crippen LogP contribution in [0.25, 0.3) is 21.3 Å². The molecule has 0 radical (unpaired) electrons. The van der Waals surface area contributed by atoms with Gasteiger partial charge in [-0.1, -0.05) is 35.1 Å². The van der Waals surface area contributed by atoms with Gasteiger partial charge in [-0.3, -0.25) is 14.2 Å². The summed E-state index contributed by atoms with van der Waals surface area (Å²) >= 11 is 7.29. The summed E-state index contributed by atoms with van der Waals surface area (Å²) in [4.78, 5) is 32.9. The molecule has 0 aliphatic rings. The Hall–Kier alpha value is -2.77. The molecule has 6 nitrogen and oxygen atoms in total. The molecule has 0 spiro atoms. The number of fused-ring (bicyclic) bond motifs is 2. The van der Waals surface area contributed by atoms with Crippen LogP contribution in [0.1, 0.15) is 0 Å². The Bertz CT molecular complexity index is 1170. The van der Waals surface area contributed by atoms with Crippen molar-refractivity contribution in [1.82, 2.24) is 14.5 Å². The van der Waals surface area contributed by atoms with Gasteiger partial charge < -0.3 is 5.32 Å². The lowest BCUT2D eigenvalue weighted by atomic mass is 10.3. The number of aromatic nitrogens is 3. The fourth-order valence-electron chi connectivity index (χ4n) is 2.53. The zero-order valence-corrected chi connectivity index (χ0v) is 14.3. The third-order valence-corrected chi connectivity index (χ3v) is 4.82. The molecule has 0 bridgehead atoms. The molecule has 0 fully saturated rings. The number of carbonyl (C=O) groups excluding carboxylic acids is 1. The molecule has 0 atom stereocenters. The van der Waals surface area contributed by atoms with Crippen molar-refractivity contribution < 1.29 is 4.79 Å². The van der Waals surface area contributed by atoms with Gasteiger partial charge in [0.05, 0.1) is 27.4 Å². The summed E-state index contributed by atoms with van der Waals surface area (Å²) in [7, 11) is 0. The number of anilines is 1. The number of nitrogens with zero attached hydrogens (tertiary/aromatic N) is 3. The molecule has 2 heterocycles. The Labute approximate surface area is 150 Å². The lowest BCUT2D eigenvalue weighted by Crippen LogP contribution is -2.27. The van der Waals surface area contributed by atoms with Gasteiger partial charge in [0.25, 0.3) is 5.56 Å². The topological polar surface area (TPSA) is 76.9 Å². The summed E-state index contributed by atoms with van der Waals surface area (Å²) in [5.74, 6) is -0.330. The minimum Gasteiger partial charge on any atom is -0.300 e. The van der Waals surface area contributed by atoms with Gasteiger partial charge in [0.2, 0.25) is 5.91 Å². The molecule has 2 aromatic carbocycles. The Morgan fingerprint density at radius 2 is 2.04 bits per heavy atom. The summed E-state index contributed by atoms with van der Waals surface area (Å²) in [6.07, 6.45) is 1.22. The lowest BCUT2D eigenvalue weighted by Gasteiger charge is -2.08. The molecule has 0 aliphatic heterocycles. The molecule has 0 saturated carbocycles. The first kappa shape index (κ1) is 15.7. The van der Waals surface area contributed by atoms with Crippen LogP contribution in [0.3, 0.4) is 0 Å². The van der Waals surface area contributed by atoms with Crippen LogP contribution in [-0.4, -0.2) is 20.4 Å². The molecule has 4 aromatic rings. The number of amides is 1. The highest BCUT2D eigenvalue weighted by molar-refractivity contribution is 7.22. The number of rotatable bonds is 3. The van der Waals surface area contributed by atoms with Crippen LogP contribution in [0.5, 0.6) is 0 Å². The second-order valence-electron chi connectivity index (χ2n) is 5.35. The SMILES string of the molecule is O=C(Cn1c(=O)cnc2ccccc21)Nc1nc2ccc(Cl)cc2s1. The van der Waals surface area contributed by atoms with E-state index in [1.165, 1.54) is 22.1 Å². The van der Waals surface area contributed by atoms with E-state index in [2.05, 4.69) is 15.3 Å². The van der Waals surface area contributed by atoms with Crippen molar-refractivity contribution in [3.63, 3.8) is 0 Å². The van der Waals surface area contributed by atoms with E-state index in [-0.39, 0.29) is 18.0 Å². The molecular weight excluding hydrogens is 360 g/mol. The Morgan fingerprint density at radius 1 is 1.20 bits per heavy atom. The zero-order chi connectivity index (χ0) is 17.4. The van der Waals surface area contributed by atoms with Gasteiger partial charge in [0.15, 0.2) is 5.13 Å². The molecule has 1 N–H and O–H groups in total. The van der Waals surface area contributed by atoms with Crippen LogP contribution >= 0.6 is 22.9 Å². The van der Waals surface area contributed by atoms with Crippen molar-refractivity contribution in [3.8, 4) is 0 Å². The highest BCUT2D eigenvalue weighted by Gasteiger charge is 2.11. The summed E-state index contributed by atoms with van der Waals surface area (Å²) in [5, 5.41) is 3.82. The van der Waals surface area contributed by atoms with Gasteiger partial charge in [0, 0.05) is 5.02 Å². The van der Waals surface area contributed by atoms with E-state index >= 15 is 0 Å². The third kappa shape index (κ3) is 3.11. The Balaban J connectivity index is 1.62. The summed E-state index contributed by atoms with van der Waals surface area (Å²) in [5.41, 5.74) is 1.70. The lowest BCUT2D eigenvalue weighted by molar-refractivity contribution is -0.116. The summed E-state index contributed by atoms with van der Waals surface area (Å²) in [6, 6.07) is 12.5. The van der Waals surface area contributed by atoms with Crippen molar-refractivity contribution in [2.45, 2.75) is 6.54 Å². The minimum absolute atomic E-state index is 0.113. The van der Waals surface area contributed by atoms with Crippen LogP contribution in [0.15, 0.2) is 53.5 Å². The van der Waals surface area contributed by atoms with Crippen molar-refractivity contribution in [1.29, 1.82) is 0 Å². The van der Waals surface area contributed by atoms with Gasteiger partial charge in [0.1, 0.15) is 6.54 Å². The van der Waals surface area contributed by atoms with Gasteiger partial charge in [-0.05, 0) is 30.3 Å². The fourth-order valence-corrected chi connectivity index (χ4v) is 3.69. The fraction of sp³-hybridized carbons (Fsp3) is 0.0588. The largest absolute Gasteiger partial charge is 0.300 e. The number of hydrogen-bond acceptors (Lipinski definition) is 5. The minimum atomic E-state index is -0.330. The molecule has 0 saturated heterocycles. The predicted octanol–water partition coefficient (Wildman–Crippen LogP) is 3.30. The van der Waals surface area contributed by atoms with Crippen molar-refractivity contribution in [3.05, 3.63) is 64.0 Å². The van der Waals surface area contributed by atoms with Gasteiger partial charge in [-0.15, -0.1) is 0 Å². The van der Waals surface area contributed by atoms with Crippen LogP contribution in [0.2, 0.25) is 5.02 Å². The number of benzene rings is 2. The third-order valence-electron chi connectivity index (χ3n) is 3.65. The summed E-state index contributed by atoms with van der Waals surface area (Å²) in [6.45, 7) is -0.113. The standard InChI is InChI=1S/C17H11ClN4O2S/c18-10-5-6-12-14(7-10)25-17(20-12)21-15(23)9-22-13-4-2-1-3-11(13)19-8-16(22)24/h1-8H,9H2,(H,20,21,23). The first-order chi connectivity index (χ1) is 12.1. The van der Waals surface area contributed by atoms with Gasteiger partial charge in [-0.2, -0.15) is 0 Å². The van der Waals surface area contributed by atoms with Crippen molar-refractivity contribution in [2.75, 3.05) is 5.32 Å². The van der Waals surface area contributed by atoms with Gasteiger partial charge >= 0.3 is 0 Å². The number of halogens is 1. The van der Waals surface area contributed by atoms with E-state index in [9.17, 15) is 9.59 Å². The number of carbonyl (C=O) groups is 1. The van der Waals surface area contributed by atoms with E-state index in [1.54, 1.807) is 36.4 Å². The van der Waals surface area contributed by atoms with Crippen LogP contribution in [-0.2, 0) is 11.3 Å². The highest BCUT2D eigenvalue weighted by atomic mass is 35.5.